The number of fused-ring (bicyclic) bond motifs is 1. The first-order chi connectivity index (χ1) is 20.4. The molecule has 2 aromatic carbocycles. The molecule has 0 amide bonds. The molecule has 6 rings (SSSR count). The molecule has 0 radical (unpaired) electrons. The van der Waals surface area contributed by atoms with Crippen molar-refractivity contribution in [1.29, 1.82) is 0 Å². The van der Waals surface area contributed by atoms with Gasteiger partial charge in [-0.1, -0.05) is 23.2 Å². The Labute approximate surface area is 252 Å². The van der Waals surface area contributed by atoms with Gasteiger partial charge in [-0.15, -0.1) is 0 Å². The van der Waals surface area contributed by atoms with E-state index >= 15 is 0 Å². The number of aromatic carboxylic acids is 1. The maximum atomic E-state index is 11.7. The van der Waals surface area contributed by atoms with Gasteiger partial charge in [-0.05, 0) is 49.4 Å². The van der Waals surface area contributed by atoms with Crippen LogP contribution in [0.15, 0.2) is 67.3 Å². The molecule has 12 heteroatoms. The molecular weight excluding hydrogens is 579 g/mol. The molecule has 0 aliphatic carbocycles. The van der Waals surface area contributed by atoms with E-state index in [9.17, 15) is 9.90 Å². The molecule has 1 aliphatic rings. The second-order valence-corrected chi connectivity index (χ2v) is 10.9. The van der Waals surface area contributed by atoms with Crippen LogP contribution in [0.5, 0.6) is 11.5 Å². The van der Waals surface area contributed by atoms with Crippen LogP contribution >= 0.6 is 23.2 Å². The number of rotatable bonds is 11. The lowest BCUT2D eigenvalue weighted by Crippen LogP contribution is -2.53. The molecular formula is C30H28Cl2N6O4. The molecule has 1 aliphatic heterocycles. The summed E-state index contributed by atoms with van der Waals surface area (Å²) in [5.41, 5.74) is 3.52. The predicted octanol–water partition coefficient (Wildman–Crippen LogP) is 5.54. The maximum Gasteiger partial charge on any atom is 0.335 e. The number of aromatic nitrogens is 5. The third kappa shape index (κ3) is 6.06. The van der Waals surface area contributed by atoms with Crippen molar-refractivity contribution in [2.45, 2.75) is 39.3 Å². The smallest absolute Gasteiger partial charge is 0.335 e. The van der Waals surface area contributed by atoms with Crippen molar-refractivity contribution in [3.8, 4) is 11.5 Å². The normalized spacial score (nSPS) is 13.8. The first-order valence-corrected chi connectivity index (χ1v) is 14.2. The van der Waals surface area contributed by atoms with Crippen LogP contribution in [0.4, 0.5) is 0 Å². The minimum Gasteiger partial charge on any atom is -0.488 e. The first kappa shape index (κ1) is 28.0. The van der Waals surface area contributed by atoms with Gasteiger partial charge >= 0.3 is 5.97 Å². The number of pyridine rings is 1. The molecule has 0 saturated carbocycles. The molecule has 0 bridgehead atoms. The van der Waals surface area contributed by atoms with Crippen molar-refractivity contribution in [3.05, 3.63) is 100 Å². The Bertz CT molecular complexity index is 1750. The summed E-state index contributed by atoms with van der Waals surface area (Å²) in [6.45, 7) is 5.70. The molecule has 1 saturated heterocycles. The van der Waals surface area contributed by atoms with Crippen LogP contribution in [0.3, 0.4) is 0 Å². The highest BCUT2D eigenvalue weighted by Crippen LogP contribution is 2.29. The Kier molecular flexibility index (Phi) is 8.01. The molecule has 4 heterocycles. The van der Waals surface area contributed by atoms with E-state index in [1.807, 2.05) is 18.3 Å². The van der Waals surface area contributed by atoms with E-state index in [0.29, 0.717) is 28.9 Å². The Morgan fingerprint density at radius 1 is 1.10 bits per heavy atom. The molecule has 3 aromatic heterocycles. The average Bonchev–Trinajstić information content (AvgIpc) is 3.55. The van der Waals surface area contributed by atoms with Crippen molar-refractivity contribution < 1.29 is 19.4 Å². The van der Waals surface area contributed by atoms with E-state index in [1.54, 1.807) is 48.9 Å². The predicted molar refractivity (Wildman–Crippen MR) is 158 cm³/mol. The Morgan fingerprint density at radius 3 is 2.74 bits per heavy atom. The summed E-state index contributed by atoms with van der Waals surface area (Å²) in [5, 5.41) is 10.5. The molecule has 0 atom stereocenters. The number of hydrogen-bond donors (Lipinski definition) is 1. The van der Waals surface area contributed by atoms with Gasteiger partial charge in [0.15, 0.2) is 0 Å². The number of halogens is 2. The number of aryl methyl sites for hydroxylation is 1. The van der Waals surface area contributed by atoms with Gasteiger partial charge in [0.2, 0.25) is 0 Å². The summed E-state index contributed by atoms with van der Waals surface area (Å²) < 4.78 is 16.2. The highest BCUT2D eigenvalue weighted by atomic mass is 35.5. The lowest BCUT2D eigenvalue weighted by molar-refractivity contribution is 0.0123. The highest BCUT2D eigenvalue weighted by Gasteiger charge is 2.30. The molecule has 42 heavy (non-hydrogen) atoms. The summed E-state index contributed by atoms with van der Waals surface area (Å²) >= 11 is 12.2. The van der Waals surface area contributed by atoms with E-state index in [-0.39, 0.29) is 18.3 Å². The molecule has 5 aromatic rings. The summed E-state index contributed by atoms with van der Waals surface area (Å²) in [6.07, 6.45) is 5.36. The summed E-state index contributed by atoms with van der Waals surface area (Å²) in [4.78, 5) is 27.5. The largest absolute Gasteiger partial charge is 0.488 e. The van der Waals surface area contributed by atoms with E-state index in [2.05, 4.69) is 30.9 Å². The number of likely N-dealkylation sites (tertiary alicyclic amines) is 1. The molecule has 1 fully saturated rings. The van der Waals surface area contributed by atoms with Crippen LogP contribution in [0.1, 0.15) is 34.5 Å². The molecule has 216 valence electrons. The summed E-state index contributed by atoms with van der Waals surface area (Å²) in [6, 6.07) is 13.8. The lowest BCUT2D eigenvalue weighted by atomic mass is 10.1. The van der Waals surface area contributed by atoms with Gasteiger partial charge < -0.3 is 23.7 Å². The fraction of sp³-hybridized carbons (Fsp3) is 0.267. The zero-order valence-electron chi connectivity index (χ0n) is 22.8. The van der Waals surface area contributed by atoms with Crippen molar-refractivity contribution in [1.82, 2.24) is 29.0 Å². The van der Waals surface area contributed by atoms with Crippen molar-refractivity contribution in [3.63, 3.8) is 0 Å². The van der Waals surface area contributed by atoms with Crippen molar-refractivity contribution >= 4 is 40.2 Å². The standard InChI is InChI=1S/C30H28Cl2N6O4/c1-2-37-18-33-12-22(37)13-38-27-9-19(30(39)40)3-5-26(27)35-29(38)16-36-14-24(15-36)42-23-7-8-34-21(11-23)17-41-28-6-4-20(31)10-25(28)32/h3-12,18,24H,2,13-17H2,1H3,(H,39,40). The van der Waals surface area contributed by atoms with Crippen LogP contribution in [-0.2, 0) is 26.2 Å². The van der Waals surface area contributed by atoms with Crippen LogP contribution in [0.2, 0.25) is 10.0 Å². The molecule has 1 N–H and O–H groups in total. The minimum absolute atomic E-state index is 0.0184. The number of hydrogen-bond acceptors (Lipinski definition) is 7. The molecule has 0 spiro atoms. The maximum absolute atomic E-state index is 11.7. The fourth-order valence-electron chi connectivity index (χ4n) is 5.00. The Morgan fingerprint density at radius 2 is 1.95 bits per heavy atom. The minimum atomic E-state index is -0.966. The summed E-state index contributed by atoms with van der Waals surface area (Å²) in [5.74, 6) is 1.15. The number of benzene rings is 2. The number of imidazole rings is 2. The van der Waals surface area contributed by atoms with Crippen LogP contribution in [-0.4, -0.2) is 59.3 Å². The van der Waals surface area contributed by atoms with Crippen LogP contribution in [0.25, 0.3) is 11.0 Å². The third-order valence-corrected chi connectivity index (χ3v) is 7.71. The quantitative estimate of drug-likeness (QED) is 0.209. The second-order valence-electron chi connectivity index (χ2n) is 10.1. The number of carbonyl (C=O) groups is 1. The van der Waals surface area contributed by atoms with Gasteiger partial charge in [-0.25, -0.2) is 14.8 Å². The van der Waals surface area contributed by atoms with Crippen molar-refractivity contribution in [2.24, 2.45) is 0 Å². The Balaban J connectivity index is 1.11. The van der Waals surface area contributed by atoms with E-state index in [4.69, 9.17) is 37.7 Å². The monoisotopic (exact) mass is 606 g/mol. The SMILES string of the molecule is CCn1cncc1Cn1c(CN2CC(Oc3ccnc(COc4ccc(Cl)cc4Cl)c3)C2)nc2ccc(C(=O)O)cc21. The highest BCUT2D eigenvalue weighted by molar-refractivity contribution is 6.35. The van der Waals surface area contributed by atoms with E-state index in [0.717, 1.165) is 53.6 Å². The molecule has 10 nitrogen and oxygen atoms in total. The lowest BCUT2D eigenvalue weighted by Gasteiger charge is -2.38. The third-order valence-electron chi connectivity index (χ3n) is 7.18. The first-order valence-electron chi connectivity index (χ1n) is 13.5. The second kappa shape index (κ2) is 12.0. The fourth-order valence-corrected chi connectivity index (χ4v) is 5.46. The van der Waals surface area contributed by atoms with E-state index in [1.165, 1.54) is 0 Å². The van der Waals surface area contributed by atoms with Gasteiger partial charge in [-0.3, -0.25) is 9.88 Å². The number of carboxylic acids is 1. The number of nitrogens with zero attached hydrogens (tertiary/aromatic N) is 6. The van der Waals surface area contributed by atoms with Crippen molar-refractivity contribution in [2.75, 3.05) is 13.1 Å². The van der Waals surface area contributed by atoms with E-state index < -0.39 is 5.97 Å². The van der Waals surface area contributed by atoms with Gasteiger partial charge in [0.25, 0.3) is 0 Å². The van der Waals surface area contributed by atoms with Gasteiger partial charge in [-0.2, -0.15) is 0 Å². The summed E-state index contributed by atoms with van der Waals surface area (Å²) in [7, 11) is 0. The van der Waals surface area contributed by atoms with Crippen LogP contribution < -0.4 is 9.47 Å². The molecule has 0 unspecified atom stereocenters. The number of carboxylic acid groups (broad SMARTS) is 1. The average molecular weight is 607 g/mol. The van der Waals surface area contributed by atoms with Crippen LogP contribution in [0, 0.1) is 0 Å². The number of ether oxygens (including phenoxy) is 2. The van der Waals surface area contributed by atoms with Gasteiger partial charge in [0, 0.05) is 43.1 Å². The topological polar surface area (TPSA) is 108 Å². The van der Waals surface area contributed by atoms with Gasteiger partial charge in [0.1, 0.15) is 30.0 Å². The van der Waals surface area contributed by atoms with Gasteiger partial charge in [0.05, 0.1) is 52.4 Å². The zero-order chi connectivity index (χ0) is 29.2. The zero-order valence-corrected chi connectivity index (χ0v) is 24.3. The Hall–Kier alpha value is -4.12.